The fourth-order valence-corrected chi connectivity index (χ4v) is 3.64. The number of aromatic nitrogens is 2. The minimum absolute atomic E-state index is 0.486. The predicted molar refractivity (Wildman–Crippen MR) is 83.0 cm³/mol. The highest BCUT2D eigenvalue weighted by molar-refractivity contribution is 5.43. The first kappa shape index (κ1) is 12.8. The number of likely N-dealkylation sites (tertiary alicyclic amines) is 1. The first-order valence-corrected chi connectivity index (χ1v) is 7.60. The van der Waals surface area contributed by atoms with Gasteiger partial charge in [0.05, 0.1) is 0 Å². The van der Waals surface area contributed by atoms with Gasteiger partial charge >= 0.3 is 0 Å². The van der Waals surface area contributed by atoms with Crippen molar-refractivity contribution in [2.24, 2.45) is 5.41 Å². The summed E-state index contributed by atoms with van der Waals surface area (Å²) in [7, 11) is 0. The fraction of sp³-hybridized carbons (Fsp3) is 0.412. The molecule has 0 atom stereocenters. The summed E-state index contributed by atoms with van der Waals surface area (Å²) in [6, 6.07) is 10.3. The van der Waals surface area contributed by atoms with Crippen LogP contribution in [0.15, 0.2) is 48.9 Å². The molecule has 2 saturated heterocycles. The lowest BCUT2D eigenvalue weighted by Crippen LogP contribution is -2.58. The average Bonchev–Trinajstić information content (AvgIpc) is 2.92. The molecule has 4 heteroatoms. The van der Waals surface area contributed by atoms with E-state index in [0.29, 0.717) is 5.41 Å². The van der Waals surface area contributed by atoms with Crippen molar-refractivity contribution in [2.75, 3.05) is 31.1 Å². The molecule has 2 aliphatic rings. The van der Waals surface area contributed by atoms with E-state index < -0.39 is 0 Å². The van der Waals surface area contributed by atoms with E-state index in [4.69, 9.17) is 0 Å². The molecule has 0 bridgehead atoms. The van der Waals surface area contributed by atoms with E-state index in [1.165, 1.54) is 25.1 Å². The molecule has 21 heavy (non-hydrogen) atoms. The van der Waals surface area contributed by atoms with E-state index in [0.717, 1.165) is 25.5 Å². The summed E-state index contributed by atoms with van der Waals surface area (Å²) in [6.07, 6.45) is 7.00. The second-order valence-corrected chi connectivity index (χ2v) is 6.37. The number of hydrogen-bond donors (Lipinski definition) is 0. The van der Waals surface area contributed by atoms with Gasteiger partial charge in [-0.15, -0.1) is 0 Å². The van der Waals surface area contributed by atoms with Crippen molar-refractivity contribution in [3.63, 3.8) is 0 Å². The zero-order valence-corrected chi connectivity index (χ0v) is 12.2. The molecule has 1 spiro atoms. The van der Waals surface area contributed by atoms with Crippen molar-refractivity contribution in [1.82, 2.24) is 14.9 Å². The van der Waals surface area contributed by atoms with Crippen LogP contribution in [0.2, 0.25) is 0 Å². The Bertz CT molecular complexity index is 593. The third-order valence-corrected chi connectivity index (χ3v) is 4.67. The van der Waals surface area contributed by atoms with Gasteiger partial charge in [0.15, 0.2) is 0 Å². The summed E-state index contributed by atoms with van der Waals surface area (Å²) < 4.78 is 0. The van der Waals surface area contributed by atoms with Crippen molar-refractivity contribution < 1.29 is 0 Å². The normalized spacial score (nSPS) is 20.7. The van der Waals surface area contributed by atoms with Crippen LogP contribution in [0.5, 0.6) is 0 Å². The summed E-state index contributed by atoms with van der Waals surface area (Å²) in [4.78, 5) is 13.6. The summed E-state index contributed by atoms with van der Waals surface area (Å²) >= 11 is 0. The molecule has 4 heterocycles. The van der Waals surface area contributed by atoms with Gasteiger partial charge in [-0.1, -0.05) is 12.1 Å². The van der Waals surface area contributed by atoms with Gasteiger partial charge in [0.1, 0.15) is 5.82 Å². The Balaban J connectivity index is 1.35. The van der Waals surface area contributed by atoms with Crippen LogP contribution in [-0.2, 0) is 6.54 Å². The van der Waals surface area contributed by atoms with E-state index in [-0.39, 0.29) is 0 Å². The number of nitrogens with zero attached hydrogens (tertiary/aromatic N) is 4. The van der Waals surface area contributed by atoms with Crippen molar-refractivity contribution in [1.29, 1.82) is 0 Å². The van der Waals surface area contributed by atoms with Crippen molar-refractivity contribution in [3.8, 4) is 0 Å². The highest BCUT2D eigenvalue weighted by Crippen LogP contribution is 2.41. The molecule has 0 aliphatic carbocycles. The lowest BCUT2D eigenvalue weighted by Gasteiger charge is -2.48. The van der Waals surface area contributed by atoms with E-state index >= 15 is 0 Å². The average molecular weight is 280 g/mol. The van der Waals surface area contributed by atoms with Gasteiger partial charge in [-0.2, -0.15) is 0 Å². The molecule has 0 radical (unpaired) electrons. The minimum Gasteiger partial charge on any atom is -0.355 e. The highest BCUT2D eigenvalue weighted by atomic mass is 15.3. The highest BCUT2D eigenvalue weighted by Gasteiger charge is 2.47. The van der Waals surface area contributed by atoms with Crippen molar-refractivity contribution in [3.05, 3.63) is 54.5 Å². The molecule has 0 saturated carbocycles. The van der Waals surface area contributed by atoms with E-state index in [9.17, 15) is 0 Å². The van der Waals surface area contributed by atoms with E-state index in [1.807, 2.05) is 30.7 Å². The first-order valence-electron chi connectivity index (χ1n) is 7.60. The molecule has 4 rings (SSSR count). The predicted octanol–water partition coefficient (Wildman–Crippen LogP) is 2.19. The topological polar surface area (TPSA) is 32.3 Å². The van der Waals surface area contributed by atoms with Gasteiger partial charge in [0.25, 0.3) is 0 Å². The SMILES string of the molecule is c1ccc(N2CC3(CCN(Cc4cccnc4)C3)C2)nc1. The number of hydrogen-bond acceptors (Lipinski definition) is 4. The summed E-state index contributed by atoms with van der Waals surface area (Å²) in [5.74, 6) is 1.12. The maximum absolute atomic E-state index is 4.45. The van der Waals surface area contributed by atoms with Crippen LogP contribution in [0.4, 0.5) is 5.82 Å². The molecule has 2 aromatic heterocycles. The maximum atomic E-state index is 4.45. The second kappa shape index (κ2) is 5.11. The standard InChI is InChI=1S/C17H20N4/c1-2-8-19-16(5-1)21-13-17(14-21)6-9-20(12-17)11-15-4-3-7-18-10-15/h1-5,7-8,10H,6,9,11-14H2. The van der Waals surface area contributed by atoms with E-state index in [1.54, 1.807) is 0 Å². The molecule has 2 fully saturated rings. The van der Waals surface area contributed by atoms with Crippen LogP contribution in [0.3, 0.4) is 0 Å². The van der Waals surface area contributed by atoms with Crippen LogP contribution in [0.25, 0.3) is 0 Å². The Morgan fingerprint density at radius 3 is 2.76 bits per heavy atom. The Kier molecular flexibility index (Phi) is 3.11. The minimum atomic E-state index is 0.486. The van der Waals surface area contributed by atoms with Crippen molar-refractivity contribution >= 4 is 5.82 Å². The monoisotopic (exact) mass is 280 g/mol. The van der Waals surface area contributed by atoms with Crippen LogP contribution >= 0.6 is 0 Å². The largest absolute Gasteiger partial charge is 0.355 e. The molecular formula is C17H20N4. The molecule has 0 aromatic carbocycles. The third kappa shape index (κ3) is 2.51. The Hall–Kier alpha value is -1.94. The Morgan fingerprint density at radius 1 is 1.05 bits per heavy atom. The molecule has 4 nitrogen and oxygen atoms in total. The molecule has 0 amide bonds. The molecule has 2 aliphatic heterocycles. The number of pyridine rings is 2. The third-order valence-electron chi connectivity index (χ3n) is 4.67. The lowest BCUT2D eigenvalue weighted by molar-refractivity contribution is 0.201. The summed E-state index contributed by atoms with van der Waals surface area (Å²) in [5, 5.41) is 0. The van der Waals surface area contributed by atoms with Crippen LogP contribution in [0, 0.1) is 5.41 Å². The molecule has 2 aromatic rings. The quantitative estimate of drug-likeness (QED) is 0.862. The van der Waals surface area contributed by atoms with Gasteiger partial charge in [0.2, 0.25) is 0 Å². The Labute approximate surface area is 125 Å². The van der Waals surface area contributed by atoms with Gasteiger partial charge in [0, 0.05) is 50.2 Å². The van der Waals surface area contributed by atoms with Gasteiger partial charge < -0.3 is 4.90 Å². The second-order valence-electron chi connectivity index (χ2n) is 6.37. The zero-order chi connectivity index (χ0) is 14.1. The molecular weight excluding hydrogens is 260 g/mol. The lowest BCUT2D eigenvalue weighted by atomic mass is 9.79. The van der Waals surface area contributed by atoms with Gasteiger partial charge in [-0.25, -0.2) is 4.98 Å². The number of anilines is 1. The van der Waals surface area contributed by atoms with Gasteiger partial charge in [-0.3, -0.25) is 9.88 Å². The van der Waals surface area contributed by atoms with E-state index in [2.05, 4.69) is 38.0 Å². The molecule has 0 unspecified atom stereocenters. The zero-order valence-electron chi connectivity index (χ0n) is 12.2. The number of rotatable bonds is 3. The maximum Gasteiger partial charge on any atom is 0.128 e. The van der Waals surface area contributed by atoms with Gasteiger partial charge in [-0.05, 0) is 36.7 Å². The summed E-state index contributed by atoms with van der Waals surface area (Å²) in [6.45, 7) is 5.72. The van der Waals surface area contributed by atoms with Crippen LogP contribution in [-0.4, -0.2) is 41.0 Å². The summed E-state index contributed by atoms with van der Waals surface area (Å²) in [5.41, 5.74) is 1.80. The van der Waals surface area contributed by atoms with Crippen molar-refractivity contribution in [2.45, 2.75) is 13.0 Å². The Morgan fingerprint density at radius 2 is 2.00 bits per heavy atom. The molecule has 108 valence electrons. The van der Waals surface area contributed by atoms with Crippen LogP contribution in [0.1, 0.15) is 12.0 Å². The smallest absolute Gasteiger partial charge is 0.128 e. The van der Waals surface area contributed by atoms with Crippen LogP contribution < -0.4 is 4.90 Å². The fourth-order valence-electron chi connectivity index (χ4n) is 3.64. The molecule has 0 N–H and O–H groups in total. The first-order chi connectivity index (χ1) is 10.3.